The summed E-state index contributed by atoms with van der Waals surface area (Å²) in [5.74, 6) is 1.47. The largest absolute Gasteiger partial charge is 0.496 e. The summed E-state index contributed by atoms with van der Waals surface area (Å²) in [5.41, 5.74) is 0.519. The molecule has 2 aliphatic rings. The standard InChI is InChI=1S/C20H21BrN2O6S/c1-27-17-4-2-14(12-16(17)21)20(24)22-6-8-23(9-7-22)30(25,26)15-3-5-18-19(13-15)29-11-10-28-18/h2-5,12-13H,6-11H2,1H3. The molecular weight excluding hydrogens is 476 g/mol. The third-order valence-corrected chi connectivity index (χ3v) is 7.59. The topological polar surface area (TPSA) is 85.4 Å². The molecule has 0 spiro atoms. The van der Waals surface area contributed by atoms with Crippen molar-refractivity contribution in [3.63, 3.8) is 0 Å². The van der Waals surface area contributed by atoms with Crippen molar-refractivity contribution in [2.24, 2.45) is 0 Å². The van der Waals surface area contributed by atoms with Crippen LogP contribution in [0.2, 0.25) is 0 Å². The van der Waals surface area contributed by atoms with E-state index in [0.717, 1.165) is 0 Å². The van der Waals surface area contributed by atoms with Crippen LogP contribution in [0.4, 0.5) is 0 Å². The first-order valence-corrected chi connectivity index (χ1v) is 11.7. The predicted molar refractivity (Wildman–Crippen MR) is 113 cm³/mol. The zero-order chi connectivity index (χ0) is 21.3. The van der Waals surface area contributed by atoms with Gasteiger partial charge in [-0.25, -0.2) is 8.42 Å². The lowest BCUT2D eigenvalue weighted by atomic mass is 10.2. The Morgan fingerprint density at radius 1 is 1.00 bits per heavy atom. The molecule has 0 radical (unpaired) electrons. The second kappa shape index (κ2) is 8.44. The first kappa shape index (κ1) is 21.0. The van der Waals surface area contributed by atoms with Crippen LogP contribution in [0.15, 0.2) is 45.8 Å². The number of amides is 1. The Morgan fingerprint density at radius 3 is 2.37 bits per heavy atom. The average Bonchev–Trinajstić information content (AvgIpc) is 2.78. The minimum atomic E-state index is -3.69. The van der Waals surface area contributed by atoms with Gasteiger partial charge in [0.2, 0.25) is 10.0 Å². The molecule has 0 N–H and O–H groups in total. The fourth-order valence-corrected chi connectivity index (χ4v) is 5.43. The zero-order valence-electron chi connectivity index (χ0n) is 16.3. The summed E-state index contributed by atoms with van der Waals surface area (Å²) in [6.45, 7) is 1.90. The summed E-state index contributed by atoms with van der Waals surface area (Å²) in [4.78, 5) is 14.6. The van der Waals surface area contributed by atoms with Gasteiger partial charge in [0, 0.05) is 37.8 Å². The highest BCUT2D eigenvalue weighted by Gasteiger charge is 2.31. The first-order valence-electron chi connectivity index (χ1n) is 9.43. The van der Waals surface area contributed by atoms with Crippen LogP contribution in [0.1, 0.15) is 10.4 Å². The summed E-state index contributed by atoms with van der Waals surface area (Å²) < 4.78 is 44.3. The van der Waals surface area contributed by atoms with Gasteiger partial charge in [-0.1, -0.05) is 0 Å². The molecule has 2 aliphatic heterocycles. The van der Waals surface area contributed by atoms with Crippen LogP contribution in [0.3, 0.4) is 0 Å². The lowest BCUT2D eigenvalue weighted by Gasteiger charge is -2.34. The van der Waals surface area contributed by atoms with E-state index < -0.39 is 10.0 Å². The molecule has 10 heteroatoms. The van der Waals surface area contributed by atoms with Gasteiger partial charge in [0.1, 0.15) is 19.0 Å². The number of benzene rings is 2. The molecule has 2 aromatic rings. The van der Waals surface area contributed by atoms with E-state index in [2.05, 4.69) is 15.9 Å². The minimum absolute atomic E-state index is 0.144. The number of sulfonamides is 1. The molecule has 4 rings (SSSR count). The molecule has 2 aromatic carbocycles. The van der Waals surface area contributed by atoms with Crippen LogP contribution >= 0.6 is 15.9 Å². The summed E-state index contributed by atoms with van der Waals surface area (Å²) in [6, 6.07) is 9.76. The van der Waals surface area contributed by atoms with Crippen LogP contribution in [0, 0.1) is 0 Å². The number of nitrogens with zero attached hydrogens (tertiary/aromatic N) is 2. The SMILES string of the molecule is COc1ccc(C(=O)N2CCN(S(=O)(=O)c3ccc4c(c3)OCCO4)CC2)cc1Br. The van der Waals surface area contributed by atoms with E-state index in [4.69, 9.17) is 14.2 Å². The number of piperazine rings is 1. The molecule has 1 amide bonds. The van der Waals surface area contributed by atoms with Crippen LogP contribution < -0.4 is 14.2 Å². The Bertz CT molecular complexity index is 1070. The number of carbonyl (C=O) groups is 1. The molecule has 8 nitrogen and oxygen atoms in total. The van der Waals surface area contributed by atoms with Crippen molar-refractivity contribution in [3.8, 4) is 17.2 Å². The van der Waals surface area contributed by atoms with E-state index >= 15 is 0 Å². The Hall–Kier alpha value is -2.30. The van der Waals surface area contributed by atoms with Crippen molar-refractivity contribution in [1.29, 1.82) is 0 Å². The van der Waals surface area contributed by atoms with E-state index in [9.17, 15) is 13.2 Å². The lowest BCUT2D eigenvalue weighted by molar-refractivity contribution is 0.0697. The molecule has 1 saturated heterocycles. The van der Waals surface area contributed by atoms with Crippen molar-refractivity contribution >= 4 is 31.9 Å². The van der Waals surface area contributed by atoms with Gasteiger partial charge in [-0.15, -0.1) is 0 Å². The van der Waals surface area contributed by atoms with Gasteiger partial charge < -0.3 is 19.1 Å². The summed E-state index contributed by atoms with van der Waals surface area (Å²) >= 11 is 3.38. The van der Waals surface area contributed by atoms with Crippen LogP contribution in [0.25, 0.3) is 0 Å². The van der Waals surface area contributed by atoms with Gasteiger partial charge in [0.15, 0.2) is 11.5 Å². The molecule has 1 fully saturated rings. The van der Waals surface area contributed by atoms with Crippen molar-refractivity contribution in [2.45, 2.75) is 4.90 Å². The maximum atomic E-state index is 13.0. The first-order chi connectivity index (χ1) is 14.4. The van der Waals surface area contributed by atoms with Crippen molar-refractivity contribution < 1.29 is 27.4 Å². The van der Waals surface area contributed by atoms with Gasteiger partial charge in [-0.2, -0.15) is 4.31 Å². The number of rotatable bonds is 4. The second-order valence-electron chi connectivity index (χ2n) is 6.85. The fourth-order valence-electron chi connectivity index (χ4n) is 3.45. The Morgan fingerprint density at radius 2 is 1.70 bits per heavy atom. The van der Waals surface area contributed by atoms with Crippen molar-refractivity contribution in [1.82, 2.24) is 9.21 Å². The van der Waals surface area contributed by atoms with E-state index in [1.807, 2.05) is 0 Å². The number of fused-ring (bicyclic) bond motifs is 1. The highest BCUT2D eigenvalue weighted by molar-refractivity contribution is 9.10. The van der Waals surface area contributed by atoms with E-state index in [-0.39, 0.29) is 23.9 Å². The van der Waals surface area contributed by atoms with E-state index in [0.29, 0.717) is 53.6 Å². The molecule has 0 bridgehead atoms. The zero-order valence-corrected chi connectivity index (χ0v) is 18.7. The monoisotopic (exact) mass is 496 g/mol. The van der Waals surface area contributed by atoms with E-state index in [1.54, 1.807) is 36.3 Å². The molecule has 0 unspecified atom stereocenters. The van der Waals surface area contributed by atoms with Gasteiger partial charge in [-0.3, -0.25) is 4.79 Å². The Kier molecular flexibility index (Phi) is 5.90. The van der Waals surface area contributed by atoms with Crippen LogP contribution in [-0.2, 0) is 10.0 Å². The lowest BCUT2D eigenvalue weighted by Crippen LogP contribution is -2.50. The summed E-state index contributed by atoms with van der Waals surface area (Å²) in [5, 5.41) is 0. The highest BCUT2D eigenvalue weighted by atomic mass is 79.9. The third-order valence-electron chi connectivity index (χ3n) is 5.08. The van der Waals surface area contributed by atoms with Gasteiger partial charge in [0.25, 0.3) is 5.91 Å². The number of carbonyl (C=O) groups excluding carboxylic acids is 1. The third kappa shape index (κ3) is 3.99. The molecule has 0 saturated carbocycles. The molecule has 0 atom stereocenters. The summed E-state index contributed by atoms with van der Waals surface area (Å²) in [7, 11) is -2.13. The fraction of sp³-hybridized carbons (Fsp3) is 0.350. The number of ether oxygens (including phenoxy) is 3. The number of methoxy groups -OCH3 is 1. The minimum Gasteiger partial charge on any atom is -0.496 e. The quantitative estimate of drug-likeness (QED) is 0.645. The van der Waals surface area contributed by atoms with Gasteiger partial charge in [0.05, 0.1) is 16.5 Å². The van der Waals surface area contributed by atoms with Crippen molar-refractivity contribution in [3.05, 3.63) is 46.4 Å². The van der Waals surface area contributed by atoms with Crippen molar-refractivity contribution in [2.75, 3.05) is 46.5 Å². The normalized spacial score (nSPS) is 16.9. The molecule has 0 aromatic heterocycles. The second-order valence-corrected chi connectivity index (χ2v) is 9.64. The number of halogens is 1. The molecule has 0 aliphatic carbocycles. The molecule has 160 valence electrons. The van der Waals surface area contributed by atoms with Crippen LogP contribution in [0.5, 0.6) is 17.2 Å². The van der Waals surface area contributed by atoms with Gasteiger partial charge >= 0.3 is 0 Å². The van der Waals surface area contributed by atoms with Gasteiger partial charge in [-0.05, 0) is 46.3 Å². The highest BCUT2D eigenvalue weighted by Crippen LogP contribution is 2.33. The summed E-state index contributed by atoms with van der Waals surface area (Å²) in [6.07, 6.45) is 0. The molecule has 30 heavy (non-hydrogen) atoms. The van der Waals surface area contributed by atoms with E-state index in [1.165, 1.54) is 16.4 Å². The molecular formula is C20H21BrN2O6S. The number of hydrogen-bond donors (Lipinski definition) is 0. The molecule has 2 heterocycles. The predicted octanol–water partition coefficient (Wildman–Crippen LogP) is 2.38. The Balaban J connectivity index is 1.45. The average molecular weight is 497 g/mol. The Labute approximate surface area is 183 Å². The van der Waals surface area contributed by atoms with Crippen LogP contribution in [-0.4, -0.2) is 70.0 Å². The maximum absolute atomic E-state index is 13.0. The maximum Gasteiger partial charge on any atom is 0.253 e. The number of hydrogen-bond acceptors (Lipinski definition) is 6. The smallest absolute Gasteiger partial charge is 0.253 e.